The second-order valence-corrected chi connectivity index (χ2v) is 14.9. The Morgan fingerprint density at radius 1 is 0.900 bits per heavy atom. The Morgan fingerprint density at radius 2 is 1.62 bits per heavy atom. The van der Waals surface area contributed by atoms with Crippen LogP contribution >= 0.6 is 0 Å². The van der Waals surface area contributed by atoms with E-state index in [1.54, 1.807) is 34.0 Å². The SMILES string of the molecule is C#C[C@]1(O)CC[C@H]2[C@@H]3CCC4=Cc5oncc5C[C@]4(C)[C@H]3CC[C@@]21C.COc1ccc(Cc2nccc3cc(OC)c(OC)cc23)cc1OC. The molecular weight excluding hydrogens is 628 g/mol. The van der Waals surface area contributed by atoms with Crippen molar-refractivity contribution in [3.8, 4) is 35.3 Å². The van der Waals surface area contributed by atoms with Crippen molar-refractivity contribution < 1.29 is 28.6 Å². The van der Waals surface area contributed by atoms with E-state index in [0.29, 0.717) is 47.2 Å². The number of benzene rings is 2. The maximum absolute atomic E-state index is 11.1. The molecule has 50 heavy (non-hydrogen) atoms. The topological polar surface area (TPSA) is 96.1 Å². The third-order valence-electron chi connectivity index (χ3n) is 12.8. The van der Waals surface area contributed by atoms with Crippen molar-refractivity contribution in [3.05, 3.63) is 76.9 Å². The summed E-state index contributed by atoms with van der Waals surface area (Å²) in [5.41, 5.74) is 4.04. The number of methoxy groups -OCH3 is 4. The molecular formula is C42H48N2O6. The summed E-state index contributed by atoms with van der Waals surface area (Å²) in [4.78, 5) is 4.56. The number of aromatic nitrogens is 2. The Kier molecular flexibility index (Phi) is 8.84. The van der Waals surface area contributed by atoms with Gasteiger partial charge in [-0.1, -0.05) is 36.6 Å². The first-order chi connectivity index (χ1) is 24.1. The summed E-state index contributed by atoms with van der Waals surface area (Å²) in [5, 5.41) is 17.2. The fourth-order valence-corrected chi connectivity index (χ4v) is 10.0. The lowest BCUT2D eigenvalue weighted by molar-refractivity contribution is -0.0975. The molecule has 0 spiro atoms. The summed E-state index contributed by atoms with van der Waals surface area (Å²) in [6, 6.07) is 11.8. The van der Waals surface area contributed by atoms with Crippen molar-refractivity contribution >= 4 is 16.8 Å². The molecule has 2 aromatic carbocycles. The lowest BCUT2D eigenvalue weighted by Gasteiger charge is -2.58. The van der Waals surface area contributed by atoms with Crippen molar-refractivity contribution in [1.29, 1.82) is 0 Å². The fourth-order valence-electron chi connectivity index (χ4n) is 10.0. The normalized spacial score (nSPS) is 29.2. The van der Waals surface area contributed by atoms with E-state index in [-0.39, 0.29) is 10.8 Å². The molecule has 3 fully saturated rings. The van der Waals surface area contributed by atoms with Gasteiger partial charge < -0.3 is 28.6 Å². The molecule has 0 radical (unpaired) electrons. The predicted molar refractivity (Wildman–Crippen MR) is 194 cm³/mol. The molecule has 8 heteroatoms. The molecule has 3 saturated carbocycles. The minimum Gasteiger partial charge on any atom is -0.493 e. The average Bonchev–Trinajstić information content (AvgIpc) is 3.70. The van der Waals surface area contributed by atoms with Crippen LogP contribution in [0, 0.1) is 40.9 Å². The lowest BCUT2D eigenvalue weighted by Crippen LogP contribution is -2.54. The van der Waals surface area contributed by atoms with E-state index < -0.39 is 5.60 Å². The number of fused-ring (bicyclic) bond motifs is 7. The number of allylic oxidation sites excluding steroid dienone is 1. The number of terminal acetylenes is 1. The zero-order chi connectivity index (χ0) is 35.3. The van der Waals surface area contributed by atoms with Gasteiger partial charge in [0, 0.05) is 29.0 Å². The molecule has 6 atom stereocenters. The van der Waals surface area contributed by atoms with E-state index in [9.17, 15) is 5.11 Å². The van der Waals surface area contributed by atoms with Crippen molar-refractivity contribution in [1.82, 2.24) is 10.1 Å². The van der Waals surface area contributed by atoms with Crippen LogP contribution in [0.3, 0.4) is 0 Å². The van der Waals surface area contributed by atoms with Gasteiger partial charge in [0.15, 0.2) is 28.8 Å². The molecule has 8 rings (SSSR count). The summed E-state index contributed by atoms with van der Waals surface area (Å²) < 4.78 is 26.9. The molecule has 0 bridgehead atoms. The highest BCUT2D eigenvalue weighted by atomic mass is 16.5. The van der Waals surface area contributed by atoms with Gasteiger partial charge in [-0.05, 0) is 115 Å². The van der Waals surface area contributed by atoms with Gasteiger partial charge >= 0.3 is 0 Å². The summed E-state index contributed by atoms with van der Waals surface area (Å²) in [7, 11) is 6.53. The van der Waals surface area contributed by atoms with Crippen LogP contribution in [0.15, 0.2) is 58.9 Å². The first kappa shape index (κ1) is 34.0. The van der Waals surface area contributed by atoms with Gasteiger partial charge in [0.25, 0.3) is 0 Å². The molecule has 0 unspecified atom stereocenters. The summed E-state index contributed by atoms with van der Waals surface area (Å²) in [5.74, 6) is 8.45. The van der Waals surface area contributed by atoms with E-state index in [2.05, 4.69) is 36.0 Å². The third kappa shape index (κ3) is 5.42. The van der Waals surface area contributed by atoms with Gasteiger partial charge in [0.2, 0.25) is 0 Å². The minimum atomic E-state index is -0.909. The van der Waals surface area contributed by atoms with Crippen molar-refractivity contribution in [3.63, 3.8) is 0 Å². The zero-order valence-corrected chi connectivity index (χ0v) is 30.0. The maximum Gasteiger partial charge on any atom is 0.162 e. The highest BCUT2D eigenvalue weighted by Gasteiger charge is 2.63. The molecule has 262 valence electrons. The highest BCUT2D eigenvalue weighted by Crippen LogP contribution is 2.67. The molecule has 4 aliphatic rings. The Labute approximate surface area is 295 Å². The summed E-state index contributed by atoms with van der Waals surface area (Å²) >= 11 is 0. The molecule has 0 saturated heterocycles. The van der Waals surface area contributed by atoms with Gasteiger partial charge in [0.05, 0.1) is 40.3 Å². The smallest absolute Gasteiger partial charge is 0.162 e. The van der Waals surface area contributed by atoms with Crippen LogP contribution < -0.4 is 18.9 Å². The summed E-state index contributed by atoms with van der Waals surface area (Å²) in [6.07, 6.45) is 19.9. The molecule has 2 heterocycles. The van der Waals surface area contributed by atoms with Crippen LogP contribution in [0.2, 0.25) is 0 Å². The first-order valence-electron chi connectivity index (χ1n) is 17.7. The quantitative estimate of drug-likeness (QED) is 0.205. The van der Waals surface area contributed by atoms with E-state index in [1.165, 1.54) is 12.0 Å². The standard InChI is InChI=1S/C22H27NO2.C20H21NO4/c1-4-22(24)10-8-18-16-6-5-15-11-19-14(13-23-25-19)12-20(15,2)17(16)7-9-21(18,22)3;1-22-17-6-5-13(10-18(17)23-2)9-16-15-12-20(25-4)19(24-3)11-14(15)7-8-21-16/h1,11,13,16-18,24H,5-10,12H2,2-3H3;5-8,10-12H,9H2,1-4H3/t16-,17+,18+,20+,21+,22+;/m1./s1. The molecule has 2 aromatic heterocycles. The molecule has 1 N–H and O–H groups in total. The number of rotatable bonds is 6. The van der Waals surface area contributed by atoms with Crippen LogP contribution in [0.4, 0.5) is 0 Å². The number of hydrogen-bond acceptors (Lipinski definition) is 8. The zero-order valence-electron chi connectivity index (χ0n) is 30.0. The number of ether oxygens (including phenoxy) is 4. The van der Waals surface area contributed by atoms with Crippen LogP contribution in [-0.4, -0.2) is 49.3 Å². The molecule has 4 aliphatic carbocycles. The van der Waals surface area contributed by atoms with Crippen LogP contribution in [-0.2, 0) is 12.8 Å². The van der Waals surface area contributed by atoms with E-state index in [0.717, 1.165) is 66.3 Å². The van der Waals surface area contributed by atoms with Gasteiger partial charge in [-0.25, -0.2) is 0 Å². The number of hydrogen-bond donors (Lipinski definition) is 1. The minimum absolute atomic E-state index is 0.114. The third-order valence-corrected chi connectivity index (χ3v) is 12.8. The fraction of sp³-hybridized carbons (Fsp3) is 0.476. The highest BCUT2D eigenvalue weighted by molar-refractivity contribution is 5.88. The molecule has 0 amide bonds. The average molecular weight is 677 g/mol. The Bertz CT molecular complexity index is 1980. The van der Waals surface area contributed by atoms with E-state index >= 15 is 0 Å². The van der Waals surface area contributed by atoms with Crippen molar-refractivity contribution in [2.75, 3.05) is 28.4 Å². The van der Waals surface area contributed by atoms with Crippen LogP contribution in [0.5, 0.6) is 23.0 Å². The number of pyridine rings is 1. The maximum atomic E-state index is 11.1. The van der Waals surface area contributed by atoms with Crippen molar-refractivity contribution in [2.24, 2.45) is 28.6 Å². The predicted octanol–water partition coefficient (Wildman–Crippen LogP) is 8.08. The number of nitrogens with zero attached hydrogens (tertiary/aromatic N) is 2. The Morgan fingerprint density at radius 3 is 2.36 bits per heavy atom. The molecule has 8 nitrogen and oxygen atoms in total. The van der Waals surface area contributed by atoms with Gasteiger partial charge in [0.1, 0.15) is 5.60 Å². The van der Waals surface area contributed by atoms with E-state index in [4.69, 9.17) is 29.9 Å². The Hall–Kier alpha value is -4.48. The van der Waals surface area contributed by atoms with E-state index in [1.807, 2.05) is 48.8 Å². The van der Waals surface area contributed by atoms with Gasteiger partial charge in [-0.3, -0.25) is 4.98 Å². The monoisotopic (exact) mass is 676 g/mol. The first-order valence-corrected chi connectivity index (χ1v) is 17.7. The lowest BCUT2D eigenvalue weighted by atomic mass is 9.46. The largest absolute Gasteiger partial charge is 0.493 e. The van der Waals surface area contributed by atoms with Gasteiger partial charge in [-0.15, -0.1) is 6.42 Å². The molecule has 4 aromatic rings. The van der Waals surface area contributed by atoms with Crippen LogP contribution in [0.25, 0.3) is 16.8 Å². The van der Waals surface area contributed by atoms with Crippen LogP contribution in [0.1, 0.15) is 75.0 Å². The second kappa shape index (κ2) is 13.0. The summed E-state index contributed by atoms with van der Waals surface area (Å²) in [6.45, 7) is 4.71. The van der Waals surface area contributed by atoms with Crippen molar-refractivity contribution in [2.45, 2.75) is 70.8 Å². The molecule has 0 aliphatic heterocycles. The second-order valence-electron chi connectivity index (χ2n) is 14.9. The van der Waals surface area contributed by atoms with Gasteiger partial charge in [-0.2, -0.15) is 0 Å². The Balaban J connectivity index is 0.000000157. The number of aliphatic hydroxyl groups is 1.